The Balaban J connectivity index is 1.42. The number of carbonyl (C=O) groups excluding carboxylic acids is 1. The molecule has 1 unspecified atom stereocenters. The first-order valence-corrected chi connectivity index (χ1v) is 9.74. The average molecular weight is 366 g/mol. The monoisotopic (exact) mass is 366 g/mol. The molecule has 142 valence electrons. The Hall–Kier alpha value is -2.47. The largest absolute Gasteiger partial charge is 0.371 e. The number of benzene rings is 1. The van der Waals surface area contributed by atoms with Crippen molar-refractivity contribution >= 4 is 11.9 Å². The van der Waals surface area contributed by atoms with Gasteiger partial charge >= 0.3 is 0 Å². The van der Waals surface area contributed by atoms with Crippen molar-refractivity contribution in [3.05, 3.63) is 53.3 Å². The van der Waals surface area contributed by atoms with Crippen LogP contribution in [-0.4, -0.2) is 54.1 Å². The second-order valence-corrected chi connectivity index (χ2v) is 7.31. The minimum Gasteiger partial charge on any atom is -0.371 e. The predicted octanol–water partition coefficient (Wildman–Crippen LogP) is 2.85. The second kappa shape index (κ2) is 8.05. The maximum Gasteiger partial charge on any atom is 0.256 e. The van der Waals surface area contributed by atoms with Crippen molar-refractivity contribution in [3.8, 4) is 0 Å². The van der Waals surface area contributed by atoms with E-state index in [0.717, 1.165) is 25.5 Å². The molecule has 2 aliphatic heterocycles. The maximum atomic E-state index is 12.8. The number of ether oxygens (including phenoxy) is 1. The van der Waals surface area contributed by atoms with Gasteiger partial charge in [-0.15, -0.1) is 0 Å². The van der Waals surface area contributed by atoms with Crippen molar-refractivity contribution in [1.29, 1.82) is 0 Å². The molecule has 0 radical (unpaired) electrons. The van der Waals surface area contributed by atoms with Gasteiger partial charge in [0.25, 0.3) is 5.91 Å². The van der Waals surface area contributed by atoms with Gasteiger partial charge in [-0.25, -0.2) is 9.97 Å². The van der Waals surface area contributed by atoms with Crippen LogP contribution < -0.4 is 4.90 Å². The summed E-state index contributed by atoms with van der Waals surface area (Å²) in [4.78, 5) is 25.5. The molecule has 4 rings (SSSR count). The van der Waals surface area contributed by atoms with Crippen molar-refractivity contribution in [2.24, 2.45) is 0 Å². The smallest absolute Gasteiger partial charge is 0.256 e. The van der Waals surface area contributed by atoms with E-state index in [0.29, 0.717) is 18.7 Å². The lowest BCUT2D eigenvalue weighted by Crippen LogP contribution is -2.34. The summed E-state index contributed by atoms with van der Waals surface area (Å²) in [5.41, 5.74) is 3.01. The highest BCUT2D eigenvalue weighted by atomic mass is 16.5. The van der Waals surface area contributed by atoms with Gasteiger partial charge in [0.1, 0.15) is 6.10 Å². The van der Waals surface area contributed by atoms with E-state index in [4.69, 9.17) is 4.74 Å². The number of aromatic nitrogens is 2. The molecule has 2 aliphatic rings. The zero-order valence-electron chi connectivity index (χ0n) is 15.8. The SMILES string of the molecule is CN(CC1OCCc2ccccc21)C(=O)c1cnc(N2CCCCC2)nc1. The van der Waals surface area contributed by atoms with Gasteiger partial charge in [-0.3, -0.25) is 4.79 Å². The van der Waals surface area contributed by atoms with Crippen LogP contribution in [0, 0.1) is 0 Å². The quantitative estimate of drug-likeness (QED) is 0.833. The average Bonchev–Trinajstić information content (AvgIpc) is 2.74. The minimum atomic E-state index is -0.0857. The van der Waals surface area contributed by atoms with E-state index in [-0.39, 0.29) is 12.0 Å². The molecule has 0 aliphatic carbocycles. The molecule has 1 aromatic heterocycles. The highest BCUT2D eigenvalue weighted by Crippen LogP contribution is 2.27. The Morgan fingerprint density at radius 1 is 1.19 bits per heavy atom. The van der Waals surface area contributed by atoms with E-state index in [1.807, 2.05) is 13.1 Å². The molecule has 2 aromatic rings. The summed E-state index contributed by atoms with van der Waals surface area (Å²) in [7, 11) is 1.81. The van der Waals surface area contributed by atoms with Crippen molar-refractivity contribution in [3.63, 3.8) is 0 Å². The Labute approximate surface area is 160 Å². The van der Waals surface area contributed by atoms with Crippen LogP contribution in [0.4, 0.5) is 5.95 Å². The number of amides is 1. The van der Waals surface area contributed by atoms with E-state index in [1.165, 1.54) is 30.4 Å². The van der Waals surface area contributed by atoms with Gasteiger partial charge < -0.3 is 14.5 Å². The fourth-order valence-corrected chi connectivity index (χ4v) is 3.87. The number of rotatable bonds is 4. The molecule has 1 amide bonds. The highest BCUT2D eigenvalue weighted by molar-refractivity contribution is 5.93. The standard InChI is InChI=1S/C21H26N4O2/c1-24(15-19-18-8-4-3-7-16(18)9-12-27-19)20(26)17-13-22-21(23-14-17)25-10-5-2-6-11-25/h3-4,7-8,13-14,19H,2,5-6,9-12,15H2,1H3. The number of hydrogen-bond acceptors (Lipinski definition) is 5. The number of hydrogen-bond donors (Lipinski definition) is 0. The molecule has 1 fully saturated rings. The van der Waals surface area contributed by atoms with Crippen molar-refractivity contribution < 1.29 is 9.53 Å². The molecule has 27 heavy (non-hydrogen) atoms. The molecule has 0 saturated carbocycles. The van der Waals surface area contributed by atoms with Gasteiger partial charge in [0.15, 0.2) is 0 Å². The van der Waals surface area contributed by atoms with E-state index in [9.17, 15) is 4.79 Å². The van der Waals surface area contributed by atoms with Crippen molar-refractivity contribution in [2.75, 3.05) is 38.2 Å². The summed E-state index contributed by atoms with van der Waals surface area (Å²) in [5, 5.41) is 0. The van der Waals surface area contributed by atoms with Crippen molar-refractivity contribution in [2.45, 2.75) is 31.8 Å². The molecule has 1 saturated heterocycles. The lowest BCUT2D eigenvalue weighted by Gasteiger charge is -2.30. The third-order valence-corrected chi connectivity index (χ3v) is 5.40. The van der Waals surface area contributed by atoms with Crippen LogP contribution in [0.15, 0.2) is 36.7 Å². The molecular weight excluding hydrogens is 340 g/mol. The van der Waals surface area contributed by atoms with E-state index in [1.54, 1.807) is 17.3 Å². The summed E-state index contributed by atoms with van der Waals surface area (Å²) >= 11 is 0. The lowest BCUT2D eigenvalue weighted by molar-refractivity contribution is 0.0200. The van der Waals surface area contributed by atoms with Crippen LogP contribution in [-0.2, 0) is 11.2 Å². The van der Waals surface area contributed by atoms with E-state index >= 15 is 0 Å². The zero-order valence-corrected chi connectivity index (χ0v) is 15.8. The van der Waals surface area contributed by atoms with Gasteiger partial charge in [0.2, 0.25) is 5.95 Å². The molecule has 6 heteroatoms. The molecule has 0 N–H and O–H groups in total. The van der Waals surface area contributed by atoms with Gasteiger partial charge in [-0.05, 0) is 36.8 Å². The van der Waals surface area contributed by atoms with Crippen LogP contribution in [0.5, 0.6) is 0 Å². The molecule has 1 atom stereocenters. The summed E-state index contributed by atoms with van der Waals surface area (Å²) in [6, 6.07) is 8.31. The van der Waals surface area contributed by atoms with Crippen LogP contribution in [0.3, 0.4) is 0 Å². The fourth-order valence-electron chi connectivity index (χ4n) is 3.87. The number of fused-ring (bicyclic) bond motifs is 1. The van der Waals surface area contributed by atoms with Gasteiger partial charge in [-0.1, -0.05) is 24.3 Å². The Morgan fingerprint density at radius 3 is 2.70 bits per heavy atom. The summed E-state index contributed by atoms with van der Waals surface area (Å²) in [6.07, 6.45) is 7.75. The number of piperidine rings is 1. The number of anilines is 1. The normalized spacial score (nSPS) is 19.4. The molecule has 6 nitrogen and oxygen atoms in total. The molecule has 1 aromatic carbocycles. The molecule has 3 heterocycles. The Kier molecular flexibility index (Phi) is 5.34. The summed E-state index contributed by atoms with van der Waals surface area (Å²) in [5.74, 6) is 0.644. The van der Waals surface area contributed by atoms with Crippen LogP contribution in [0.2, 0.25) is 0 Å². The Bertz CT molecular complexity index is 787. The van der Waals surface area contributed by atoms with Crippen molar-refractivity contribution in [1.82, 2.24) is 14.9 Å². The molecule has 0 bridgehead atoms. The summed E-state index contributed by atoms with van der Waals surface area (Å²) in [6.45, 7) is 3.19. The predicted molar refractivity (Wildman–Crippen MR) is 104 cm³/mol. The number of nitrogens with zero attached hydrogens (tertiary/aromatic N) is 4. The topological polar surface area (TPSA) is 58.6 Å². The van der Waals surface area contributed by atoms with E-state index in [2.05, 4.69) is 33.1 Å². The van der Waals surface area contributed by atoms with Gasteiger partial charge in [0, 0.05) is 32.5 Å². The fraction of sp³-hybridized carbons (Fsp3) is 0.476. The highest BCUT2D eigenvalue weighted by Gasteiger charge is 2.24. The van der Waals surface area contributed by atoms with Crippen LogP contribution in [0.25, 0.3) is 0 Å². The Morgan fingerprint density at radius 2 is 1.93 bits per heavy atom. The van der Waals surface area contributed by atoms with Gasteiger partial charge in [0.05, 0.1) is 18.7 Å². The zero-order chi connectivity index (χ0) is 18.6. The van der Waals surface area contributed by atoms with E-state index < -0.39 is 0 Å². The number of likely N-dealkylation sites (N-methyl/N-ethyl adjacent to an activating group) is 1. The van der Waals surface area contributed by atoms with Gasteiger partial charge in [-0.2, -0.15) is 0 Å². The molecule has 0 spiro atoms. The van der Waals surface area contributed by atoms with Crippen LogP contribution in [0.1, 0.15) is 46.9 Å². The first-order chi connectivity index (χ1) is 13.2. The van der Waals surface area contributed by atoms with Crippen LogP contribution >= 0.6 is 0 Å². The molecular formula is C21H26N4O2. The minimum absolute atomic E-state index is 0.0770. The third kappa shape index (κ3) is 3.95. The first-order valence-electron chi connectivity index (χ1n) is 9.74. The number of carbonyl (C=O) groups is 1. The second-order valence-electron chi connectivity index (χ2n) is 7.31. The lowest BCUT2D eigenvalue weighted by atomic mass is 9.97. The maximum absolute atomic E-state index is 12.8. The summed E-state index contributed by atoms with van der Waals surface area (Å²) < 4.78 is 5.93. The third-order valence-electron chi connectivity index (χ3n) is 5.40. The first kappa shape index (κ1) is 17.9.